The minimum atomic E-state index is -0.873. The zero-order valence-electron chi connectivity index (χ0n) is 12.0. The first-order valence-corrected chi connectivity index (χ1v) is 7.78. The van der Waals surface area contributed by atoms with Gasteiger partial charge in [-0.25, -0.2) is 14.5 Å². The third kappa shape index (κ3) is 3.34. The number of likely N-dealkylation sites (tertiary alicyclic amines) is 1. The van der Waals surface area contributed by atoms with E-state index in [9.17, 15) is 9.59 Å². The Morgan fingerprint density at radius 2 is 2.26 bits per heavy atom. The molecule has 2 N–H and O–H groups in total. The number of aromatic nitrogens is 3. The van der Waals surface area contributed by atoms with Crippen molar-refractivity contribution in [3.05, 3.63) is 35.2 Å². The van der Waals surface area contributed by atoms with E-state index in [0.717, 1.165) is 0 Å². The number of anilines is 1. The fraction of sp³-hybridized carbons (Fsp3) is 0.286. The van der Waals surface area contributed by atoms with E-state index < -0.39 is 11.9 Å². The van der Waals surface area contributed by atoms with E-state index in [-0.39, 0.29) is 12.6 Å². The number of nitrogens with one attached hydrogen (secondary N) is 1. The van der Waals surface area contributed by atoms with Gasteiger partial charge in [0.2, 0.25) is 0 Å². The van der Waals surface area contributed by atoms with Gasteiger partial charge in [0.1, 0.15) is 0 Å². The van der Waals surface area contributed by atoms with Gasteiger partial charge in [0.15, 0.2) is 5.82 Å². The van der Waals surface area contributed by atoms with Crippen molar-refractivity contribution in [2.45, 2.75) is 6.42 Å². The number of hydrogen-bond donors (Lipinski definition) is 2. The van der Waals surface area contributed by atoms with E-state index in [4.69, 9.17) is 5.11 Å². The second kappa shape index (κ2) is 6.37. The Morgan fingerprint density at radius 3 is 2.91 bits per heavy atom. The number of carbonyl (C=O) groups excluding carboxylic acids is 1. The number of pyridine rings is 1. The van der Waals surface area contributed by atoms with Crippen LogP contribution in [0, 0.1) is 5.92 Å². The lowest BCUT2D eigenvalue weighted by molar-refractivity contribution is -0.141. The molecule has 1 fully saturated rings. The average Bonchev–Trinajstić information content (AvgIpc) is 3.19. The molecule has 2 aromatic rings. The second-order valence-corrected chi connectivity index (χ2v) is 6.09. The highest BCUT2D eigenvalue weighted by molar-refractivity contribution is 9.10. The first-order valence-electron chi connectivity index (χ1n) is 6.99. The highest BCUT2D eigenvalue weighted by Crippen LogP contribution is 2.23. The van der Waals surface area contributed by atoms with Gasteiger partial charge in [-0.15, -0.1) is 0 Å². The van der Waals surface area contributed by atoms with E-state index in [1.54, 1.807) is 35.4 Å². The smallest absolute Gasteiger partial charge is 0.321 e. The third-order valence-corrected chi connectivity index (χ3v) is 4.05. The van der Waals surface area contributed by atoms with Gasteiger partial charge < -0.3 is 15.3 Å². The molecule has 0 aromatic carbocycles. The van der Waals surface area contributed by atoms with Crippen LogP contribution in [0.25, 0.3) is 5.82 Å². The minimum absolute atomic E-state index is 0.208. The predicted octanol–water partition coefficient (Wildman–Crippen LogP) is 1.97. The molecule has 23 heavy (non-hydrogen) atoms. The number of nitrogens with zero attached hydrogens (tertiary/aromatic N) is 4. The highest BCUT2D eigenvalue weighted by Gasteiger charge is 2.31. The molecule has 120 valence electrons. The van der Waals surface area contributed by atoms with Crippen molar-refractivity contribution in [1.29, 1.82) is 0 Å². The van der Waals surface area contributed by atoms with E-state index in [0.29, 0.717) is 28.9 Å². The van der Waals surface area contributed by atoms with Crippen LogP contribution in [0.4, 0.5) is 10.5 Å². The first kappa shape index (κ1) is 15.5. The van der Waals surface area contributed by atoms with Crippen LogP contribution in [0.5, 0.6) is 0 Å². The largest absolute Gasteiger partial charge is 0.481 e. The molecule has 1 aliphatic heterocycles. The number of rotatable bonds is 3. The van der Waals surface area contributed by atoms with Crippen LogP contribution in [0.1, 0.15) is 6.42 Å². The molecule has 0 spiro atoms. The summed E-state index contributed by atoms with van der Waals surface area (Å²) in [7, 11) is 0. The molecule has 1 saturated heterocycles. The number of hydrogen-bond acceptors (Lipinski definition) is 4. The average molecular weight is 380 g/mol. The number of carboxylic acid groups (broad SMARTS) is 1. The summed E-state index contributed by atoms with van der Waals surface area (Å²) in [5.74, 6) is -0.894. The lowest BCUT2D eigenvalue weighted by atomic mass is 10.1. The van der Waals surface area contributed by atoms with Crippen LogP contribution < -0.4 is 5.32 Å². The van der Waals surface area contributed by atoms with Gasteiger partial charge >= 0.3 is 12.0 Å². The Kier molecular flexibility index (Phi) is 4.28. The maximum atomic E-state index is 12.4. The minimum Gasteiger partial charge on any atom is -0.481 e. The second-order valence-electron chi connectivity index (χ2n) is 5.18. The molecule has 0 bridgehead atoms. The standard InChI is InChI=1S/C14H14BrN5O3/c15-10-6-11(12(16-7-10)20-4-1-3-17-20)18-14(23)19-5-2-9(8-19)13(21)22/h1,3-4,6-7,9H,2,5,8H2,(H,18,23)(H,21,22). The summed E-state index contributed by atoms with van der Waals surface area (Å²) < 4.78 is 2.26. The van der Waals surface area contributed by atoms with Crippen molar-refractivity contribution in [2.24, 2.45) is 5.92 Å². The van der Waals surface area contributed by atoms with E-state index >= 15 is 0 Å². The van der Waals surface area contributed by atoms with Crippen LogP contribution >= 0.6 is 15.9 Å². The van der Waals surface area contributed by atoms with E-state index in [1.807, 2.05) is 0 Å². The topological polar surface area (TPSA) is 100 Å². The van der Waals surface area contributed by atoms with Crippen molar-refractivity contribution in [3.8, 4) is 5.82 Å². The van der Waals surface area contributed by atoms with Gasteiger partial charge in [-0.1, -0.05) is 0 Å². The molecule has 1 unspecified atom stereocenters. The monoisotopic (exact) mass is 379 g/mol. The molecular weight excluding hydrogens is 366 g/mol. The first-order chi connectivity index (χ1) is 11.0. The Hall–Kier alpha value is -2.42. The number of urea groups is 1. The molecular formula is C14H14BrN5O3. The van der Waals surface area contributed by atoms with Crippen LogP contribution in [-0.4, -0.2) is 49.9 Å². The molecule has 9 heteroatoms. The highest BCUT2D eigenvalue weighted by atomic mass is 79.9. The van der Waals surface area contributed by atoms with E-state index in [2.05, 4.69) is 31.3 Å². The van der Waals surface area contributed by atoms with Gasteiger partial charge in [0, 0.05) is 36.2 Å². The maximum Gasteiger partial charge on any atom is 0.321 e. The van der Waals surface area contributed by atoms with Crippen LogP contribution in [0.2, 0.25) is 0 Å². The SMILES string of the molecule is O=C(O)C1CCN(C(=O)Nc2cc(Br)cnc2-n2cccn2)C1. The summed E-state index contributed by atoms with van der Waals surface area (Å²) in [4.78, 5) is 29.1. The number of carbonyl (C=O) groups is 2. The summed E-state index contributed by atoms with van der Waals surface area (Å²) in [5.41, 5.74) is 0.492. The summed E-state index contributed by atoms with van der Waals surface area (Å²) in [5, 5.41) is 15.9. The van der Waals surface area contributed by atoms with Gasteiger partial charge in [-0.3, -0.25) is 4.79 Å². The number of carboxylic acids is 1. The summed E-state index contributed by atoms with van der Waals surface area (Å²) in [6.45, 7) is 0.626. The molecule has 3 rings (SSSR count). The molecule has 2 amide bonds. The Bertz CT molecular complexity index is 734. The van der Waals surface area contributed by atoms with Crippen LogP contribution in [0.3, 0.4) is 0 Å². The number of aliphatic carboxylic acids is 1. The fourth-order valence-electron chi connectivity index (χ4n) is 2.44. The maximum absolute atomic E-state index is 12.4. The summed E-state index contributed by atoms with van der Waals surface area (Å²) in [6.07, 6.45) is 5.42. The Labute approximate surface area is 140 Å². The molecule has 0 radical (unpaired) electrons. The predicted molar refractivity (Wildman–Crippen MR) is 85.4 cm³/mol. The van der Waals surface area contributed by atoms with Gasteiger partial charge in [0.25, 0.3) is 0 Å². The lowest BCUT2D eigenvalue weighted by Crippen LogP contribution is -2.34. The van der Waals surface area contributed by atoms with Crippen molar-refractivity contribution in [3.63, 3.8) is 0 Å². The van der Waals surface area contributed by atoms with Gasteiger partial charge in [-0.05, 0) is 34.5 Å². The van der Waals surface area contributed by atoms with E-state index in [1.165, 1.54) is 4.90 Å². The fourth-order valence-corrected chi connectivity index (χ4v) is 2.77. The van der Waals surface area contributed by atoms with Crippen LogP contribution in [-0.2, 0) is 4.79 Å². The molecule has 1 aliphatic rings. The zero-order chi connectivity index (χ0) is 16.4. The normalized spacial score (nSPS) is 17.3. The molecule has 0 saturated carbocycles. The molecule has 0 aliphatic carbocycles. The van der Waals surface area contributed by atoms with Crippen molar-refractivity contribution in [2.75, 3.05) is 18.4 Å². The number of amides is 2. The molecule has 8 nitrogen and oxygen atoms in total. The zero-order valence-corrected chi connectivity index (χ0v) is 13.6. The van der Waals surface area contributed by atoms with Crippen molar-refractivity contribution < 1.29 is 14.7 Å². The van der Waals surface area contributed by atoms with Crippen molar-refractivity contribution in [1.82, 2.24) is 19.7 Å². The summed E-state index contributed by atoms with van der Waals surface area (Å²) >= 11 is 3.33. The molecule has 1 atom stereocenters. The third-order valence-electron chi connectivity index (χ3n) is 3.62. The van der Waals surface area contributed by atoms with Crippen LogP contribution in [0.15, 0.2) is 35.2 Å². The lowest BCUT2D eigenvalue weighted by Gasteiger charge is -2.18. The molecule has 3 heterocycles. The quantitative estimate of drug-likeness (QED) is 0.848. The Morgan fingerprint density at radius 1 is 1.43 bits per heavy atom. The summed E-state index contributed by atoms with van der Waals surface area (Å²) in [6, 6.07) is 3.14. The van der Waals surface area contributed by atoms with Crippen molar-refractivity contribution >= 4 is 33.6 Å². The number of halogens is 1. The van der Waals surface area contributed by atoms with Gasteiger partial charge in [0.05, 0.1) is 11.6 Å². The molecule has 2 aromatic heterocycles. The van der Waals surface area contributed by atoms with Gasteiger partial charge in [-0.2, -0.15) is 5.10 Å². The Balaban J connectivity index is 1.79.